The number of fused-ring (bicyclic) bond motifs is 1. The largest absolute Gasteiger partial charge is 0.351 e. The summed E-state index contributed by atoms with van der Waals surface area (Å²) in [5.41, 5.74) is 1.86. The molecule has 1 aliphatic heterocycles. The molecule has 0 saturated heterocycles. The molecule has 0 aliphatic carbocycles. The first kappa shape index (κ1) is 14.3. The Balaban J connectivity index is 1.75. The number of carbonyl (C=O) groups excluding carboxylic acids is 2. The van der Waals surface area contributed by atoms with E-state index in [0.717, 1.165) is 5.56 Å². The van der Waals surface area contributed by atoms with E-state index in [2.05, 4.69) is 10.6 Å². The van der Waals surface area contributed by atoms with Crippen LogP contribution in [0.25, 0.3) is 0 Å². The zero-order valence-electron chi connectivity index (χ0n) is 11.8. The molecule has 0 bridgehead atoms. The van der Waals surface area contributed by atoms with E-state index < -0.39 is 5.92 Å². The highest BCUT2D eigenvalue weighted by molar-refractivity contribution is 6.01. The van der Waals surface area contributed by atoms with Gasteiger partial charge in [0.15, 0.2) is 0 Å². The summed E-state index contributed by atoms with van der Waals surface area (Å²) in [5, 5.41) is 5.46. The smallest absolute Gasteiger partial charge is 0.228 e. The molecule has 3 rings (SSSR count). The van der Waals surface area contributed by atoms with Crippen molar-refractivity contribution < 1.29 is 14.0 Å². The fourth-order valence-corrected chi connectivity index (χ4v) is 2.59. The molecular formula is C17H15FN2O2. The van der Waals surface area contributed by atoms with Crippen LogP contribution in [-0.4, -0.2) is 11.8 Å². The van der Waals surface area contributed by atoms with Crippen LogP contribution in [0, 0.1) is 5.82 Å². The molecule has 5 heteroatoms. The molecule has 22 heavy (non-hydrogen) atoms. The predicted octanol–water partition coefficient (Wildman–Crippen LogP) is 2.57. The van der Waals surface area contributed by atoms with Gasteiger partial charge in [-0.3, -0.25) is 9.59 Å². The number of halogens is 1. The zero-order chi connectivity index (χ0) is 15.5. The second-order valence-electron chi connectivity index (χ2n) is 5.20. The summed E-state index contributed by atoms with van der Waals surface area (Å²) in [6.07, 6.45) is 0.0973. The van der Waals surface area contributed by atoms with E-state index in [0.29, 0.717) is 11.3 Å². The Morgan fingerprint density at radius 3 is 2.73 bits per heavy atom. The lowest BCUT2D eigenvalue weighted by molar-refractivity contribution is -0.126. The number of benzene rings is 2. The molecule has 1 atom stereocenters. The van der Waals surface area contributed by atoms with Crippen molar-refractivity contribution in [3.8, 4) is 0 Å². The van der Waals surface area contributed by atoms with Crippen molar-refractivity contribution in [3.63, 3.8) is 0 Å². The summed E-state index contributed by atoms with van der Waals surface area (Å²) >= 11 is 0. The lowest BCUT2D eigenvalue weighted by atomic mass is 9.90. The van der Waals surface area contributed by atoms with Crippen molar-refractivity contribution in [2.24, 2.45) is 0 Å². The molecule has 2 aromatic carbocycles. The fraction of sp³-hybridized carbons (Fsp3) is 0.176. The van der Waals surface area contributed by atoms with Gasteiger partial charge in [0, 0.05) is 24.2 Å². The van der Waals surface area contributed by atoms with E-state index in [1.165, 1.54) is 6.07 Å². The third kappa shape index (κ3) is 2.83. The maximum absolute atomic E-state index is 13.6. The standard InChI is InChI=1S/C17H15FN2O2/c18-14-7-3-1-5-11(14)10-19-17(22)13-9-16(21)20-15-8-4-2-6-12(13)15/h1-8,13H,9-10H2,(H,19,22)(H,20,21). The van der Waals surface area contributed by atoms with E-state index in [-0.39, 0.29) is 30.6 Å². The molecule has 0 spiro atoms. The Bertz CT molecular complexity index is 730. The van der Waals surface area contributed by atoms with Crippen LogP contribution >= 0.6 is 0 Å². The van der Waals surface area contributed by atoms with E-state index in [1.54, 1.807) is 30.3 Å². The van der Waals surface area contributed by atoms with Crippen LogP contribution in [-0.2, 0) is 16.1 Å². The maximum Gasteiger partial charge on any atom is 0.228 e. The van der Waals surface area contributed by atoms with Gasteiger partial charge in [0.1, 0.15) is 5.82 Å². The molecule has 0 aromatic heterocycles. The van der Waals surface area contributed by atoms with Gasteiger partial charge in [-0.1, -0.05) is 36.4 Å². The number of hydrogen-bond acceptors (Lipinski definition) is 2. The van der Waals surface area contributed by atoms with Crippen LogP contribution in [0.15, 0.2) is 48.5 Å². The van der Waals surface area contributed by atoms with E-state index >= 15 is 0 Å². The molecule has 0 saturated carbocycles. The molecule has 1 heterocycles. The lowest BCUT2D eigenvalue weighted by Crippen LogP contribution is -2.34. The minimum Gasteiger partial charge on any atom is -0.351 e. The second-order valence-corrected chi connectivity index (χ2v) is 5.20. The Labute approximate surface area is 127 Å². The average molecular weight is 298 g/mol. The van der Waals surface area contributed by atoms with Gasteiger partial charge < -0.3 is 10.6 Å². The molecule has 0 radical (unpaired) electrons. The highest BCUT2D eigenvalue weighted by Gasteiger charge is 2.30. The van der Waals surface area contributed by atoms with Gasteiger partial charge in [0.2, 0.25) is 11.8 Å². The first-order valence-electron chi connectivity index (χ1n) is 7.05. The second kappa shape index (κ2) is 5.97. The molecule has 112 valence electrons. The number of nitrogens with one attached hydrogen (secondary N) is 2. The quantitative estimate of drug-likeness (QED) is 0.915. The molecule has 2 N–H and O–H groups in total. The first-order valence-corrected chi connectivity index (χ1v) is 7.05. The highest BCUT2D eigenvalue weighted by Crippen LogP contribution is 2.32. The van der Waals surface area contributed by atoms with Gasteiger partial charge in [0.25, 0.3) is 0 Å². The number of carbonyl (C=O) groups is 2. The van der Waals surface area contributed by atoms with Crippen LogP contribution in [0.3, 0.4) is 0 Å². The molecule has 2 aromatic rings. The van der Waals surface area contributed by atoms with E-state index in [4.69, 9.17) is 0 Å². The van der Waals surface area contributed by atoms with Gasteiger partial charge in [-0.2, -0.15) is 0 Å². The topological polar surface area (TPSA) is 58.2 Å². The van der Waals surface area contributed by atoms with Crippen molar-refractivity contribution in [1.29, 1.82) is 0 Å². The monoisotopic (exact) mass is 298 g/mol. The average Bonchev–Trinajstić information content (AvgIpc) is 2.53. The maximum atomic E-state index is 13.6. The summed E-state index contributed by atoms with van der Waals surface area (Å²) in [6.45, 7) is 0.103. The zero-order valence-corrected chi connectivity index (χ0v) is 11.8. The van der Waals surface area contributed by atoms with Crippen molar-refractivity contribution in [1.82, 2.24) is 5.32 Å². The molecular weight excluding hydrogens is 283 g/mol. The summed E-state index contributed by atoms with van der Waals surface area (Å²) in [5.74, 6) is -1.36. The minimum absolute atomic E-state index is 0.0973. The summed E-state index contributed by atoms with van der Waals surface area (Å²) in [4.78, 5) is 24.1. The van der Waals surface area contributed by atoms with Gasteiger partial charge in [0.05, 0.1) is 5.92 Å². The number of rotatable bonds is 3. The third-order valence-corrected chi connectivity index (χ3v) is 3.73. The Morgan fingerprint density at radius 2 is 1.91 bits per heavy atom. The Kier molecular flexibility index (Phi) is 3.87. The van der Waals surface area contributed by atoms with Crippen LogP contribution in [0.5, 0.6) is 0 Å². The van der Waals surface area contributed by atoms with Gasteiger partial charge >= 0.3 is 0 Å². The molecule has 4 nitrogen and oxygen atoms in total. The van der Waals surface area contributed by atoms with Crippen LogP contribution in [0.1, 0.15) is 23.5 Å². The van der Waals surface area contributed by atoms with Crippen molar-refractivity contribution in [2.75, 3.05) is 5.32 Å². The number of hydrogen-bond donors (Lipinski definition) is 2. The van der Waals surface area contributed by atoms with Crippen LogP contribution < -0.4 is 10.6 Å². The van der Waals surface area contributed by atoms with Crippen LogP contribution in [0.4, 0.5) is 10.1 Å². The third-order valence-electron chi connectivity index (χ3n) is 3.73. The van der Waals surface area contributed by atoms with Gasteiger partial charge in [-0.05, 0) is 17.7 Å². The first-order chi connectivity index (χ1) is 10.6. The summed E-state index contributed by atoms with van der Waals surface area (Å²) in [6, 6.07) is 13.5. The normalized spacial score (nSPS) is 16.6. The Morgan fingerprint density at radius 1 is 1.18 bits per heavy atom. The highest BCUT2D eigenvalue weighted by atomic mass is 19.1. The molecule has 1 aliphatic rings. The van der Waals surface area contributed by atoms with Gasteiger partial charge in [-0.25, -0.2) is 4.39 Å². The van der Waals surface area contributed by atoms with Crippen LogP contribution in [0.2, 0.25) is 0 Å². The molecule has 2 amide bonds. The number of para-hydroxylation sites is 1. The van der Waals surface area contributed by atoms with Crippen molar-refractivity contribution in [3.05, 3.63) is 65.5 Å². The summed E-state index contributed by atoms with van der Waals surface area (Å²) < 4.78 is 13.6. The molecule has 0 fully saturated rings. The lowest BCUT2D eigenvalue weighted by Gasteiger charge is -2.24. The van der Waals surface area contributed by atoms with Crippen molar-refractivity contribution in [2.45, 2.75) is 18.9 Å². The minimum atomic E-state index is -0.545. The Hall–Kier alpha value is -2.69. The number of amides is 2. The summed E-state index contributed by atoms with van der Waals surface area (Å²) in [7, 11) is 0. The number of anilines is 1. The SMILES string of the molecule is O=C1CC(C(=O)NCc2ccccc2F)c2ccccc2N1. The van der Waals surface area contributed by atoms with E-state index in [9.17, 15) is 14.0 Å². The van der Waals surface area contributed by atoms with Crippen molar-refractivity contribution >= 4 is 17.5 Å². The van der Waals surface area contributed by atoms with E-state index in [1.807, 2.05) is 12.1 Å². The van der Waals surface area contributed by atoms with Gasteiger partial charge in [-0.15, -0.1) is 0 Å². The fourth-order valence-electron chi connectivity index (χ4n) is 2.59. The molecule has 1 unspecified atom stereocenters. The predicted molar refractivity (Wildman–Crippen MR) is 80.7 cm³/mol.